The third-order valence-electron chi connectivity index (χ3n) is 2.47. The lowest BCUT2D eigenvalue weighted by atomic mass is 9.91. The molecule has 2 nitrogen and oxygen atoms in total. The molecule has 1 rings (SSSR count). The molecule has 0 aliphatic carbocycles. The molecular weight excluding hydrogens is 126 g/mol. The zero-order valence-electron chi connectivity index (χ0n) is 6.93. The van der Waals surface area contributed by atoms with Crippen molar-refractivity contribution >= 4 is 0 Å². The highest BCUT2D eigenvalue weighted by atomic mass is 16.3. The fourth-order valence-corrected chi connectivity index (χ4v) is 1.52. The first-order valence-electron chi connectivity index (χ1n) is 4.03. The van der Waals surface area contributed by atoms with Gasteiger partial charge in [0.2, 0.25) is 0 Å². The molecule has 60 valence electrons. The van der Waals surface area contributed by atoms with Crippen LogP contribution in [-0.4, -0.2) is 36.2 Å². The summed E-state index contributed by atoms with van der Waals surface area (Å²) in [4.78, 5) is 2.39. The van der Waals surface area contributed by atoms with Gasteiger partial charge in [-0.25, -0.2) is 0 Å². The van der Waals surface area contributed by atoms with Gasteiger partial charge in [0.15, 0.2) is 0 Å². The maximum absolute atomic E-state index is 9.01. The molecule has 0 radical (unpaired) electrons. The maximum Gasteiger partial charge on any atom is 0.0497 e. The van der Waals surface area contributed by atoms with Crippen molar-refractivity contribution < 1.29 is 5.11 Å². The minimum Gasteiger partial charge on any atom is -0.396 e. The van der Waals surface area contributed by atoms with Gasteiger partial charge in [-0.15, -0.1) is 0 Å². The van der Waals surface area contributed by atoms with E-state index in [-0.39, 0.29) is 5.41 Å². The van der Waals surface area contributed by atoms with E-state index in [4.69, 9.17) is 5.11 Å². The van der Waals surface area contributed by atoms with Crippen LogP contribution in [0, 0.1) is 5.41 Å². The third-order valence-corrected chi connectivity index (χ3v) is 2.47. The van der Waals surface area contributed by atoms with Gasteiger partial charge in [0.25, 0.3) is 0 Å². The normalized spacial score (nSPS) is 35.1. The lowest BCUT2D eigenvalue weighted by Gasteiger charge is -2.20. The van der Waals surface area contributed by atoms with Crippen molar-refractivity contribution in [3.05, 3.63) is 0 Å². The van der Waals surface area contributed by atoms with Crippen molar-refractivity contribution in [2.75, 3.05) is 26.2 Å². The summed E-state index contributed by atoms with van der Waals surface area (Å²) in [5.41, 5.74) is 0.190. The van der Waals surface area contributed by atoms with Gasteiger partial charge in [0.05, 0.1) is 0 Å². The highest BCUT2D eigenvalue weighted by Gasteiger charge is 2.31. The largest absolute Gasteiger partial charge is 0.396 e. The Balaban J connectivity index is 2.41. The first kappa shape index (κ1) is 8.02. The maximum atomic E-state index is 9.01. The van der Waals surface area contributed by atoms with Crippen LogP contribution in [0.15, 0.2) is 0 Å². The first-order chi connectivity index (χ1) is 4.70. The van der Waals surface area contributed by atoms with Gasteiger partial charge in [0.1, 0.15) is 0 Å². The van der Waals surface area contributed by atoms with Gasteiger partial charge >= 0.3 is 0 Å². The van der Waals surface area contributed by atoms with Crippen molar-refractivity contribution in [1.29, 1.82) is 0 Å². The van der Waals surface area contributed by atoms with Gasteiger partial charge in [-0.05, 0) is 19.5 Å². The fourth-order valence-electron chi connectivity index (χ4n) is 1.52. The van der Waals surface area contributed by atoms with Crippen molar-refractivity contribution in [2.24, 2.45) is 5.41 Å². The monoisotopic (exact) mass is 143 g/mol. The summed E-state index contributed by atoms with van der Waals surface area (Å²) in [7, 11) is 0. The summed E-state index contributed by atoms with van der Waals surface area (Å²) in [6, 6.07) is 0. The molecule has 0 aromatic carbocycles. The van der Waals surface area contributed by atoms with Crippen LogP contribution in [0.2, 0.25) is 0 Å². The van der Waals surface area contributed by atoms with E-state index in [1.165, 1.54) is 0 Å². The summed E-state index contributed by atoms with van der Waals surface area (Å²) >= 11 is 0. The topological polar surface area (TPSA) is 23.5 Å². The van der Waals surface area contributed by atoms with E-state index in [1.54, 1.807) is 0 Å². The molecule has 1 aliphatic heterocycles. The summed E-state index contributed by atoms with van der Waals surface area (Å²) in [6.45, 7) is 8.01. The van der Waals surface area contributed by atoms with Crippen molar-refractivity contribution in [3.63, 3.8) is 0 Å². The van der Waals surface area contributed by atoms with Gasteiger partial charge in [0, 0.05) is 18.6 Å². The molecule has 1 aliphatic rings. The van der Waals surface area contributed by atoms with E-state index < -0.39 is 0 Å². The molecule has 1 fully saturated rings. The molecular formula is C8H17NO. The minimum atomic E-state index is 0.190. The molecule has 1 unspecified atom stereocenters. The van der Waals surface area contributed by atoms with Crippen LogP contribution in [0.5, 0.6) is 0 Å². The average molecular weight is 143 g/mol. The van der Waals surface area contributed by atoms with E-state index in [1.807, 2.05) is 0 Å². The van der Waals surface area contributed by atoms with Crippen LogP contribution < -0.4 is 0 Å². The predicted molar refractivity (Wildman–Crippen MR) is 41.9 cm³/mol. The molecule has 0 aromatic heterocycles. The zero-order chi connectivity index (χ0) is 7.61. The first-order valence-corrected chi connectivity index (χ1v) is 4.03. The van der Waals surface area contributed by atoms with E-state index >= 15 is 0 Å². The number of aliphatic hydroxyl groups is 1. The second-order valence-corrected chi connectivity index (χ2v) is 3.59. The molecule has 1 saturated heterocycles. The second kappa shape index (κ2) is 2.89. The number of hydrogen-bond donors (Lipinski definition) is 1. The average Bonchev–Trinajstić information content (AvgIpc) is 2.33. The molecule has 0 amide bonds. The van der Waals surface area contributed by atoms with E-state index in [0.29, 0.717) is 6.61 Å². The molecule has 0 aromatic rings. The van der Waals surface area contributed by atoms with Crippen LogP contribution >= 0.6 is 0 Å². The lowest BCUT2D eigenvalue weighted by Crippen LogP contribution is -2.27. The zero-order valence-corrected chi connectivity index (χ0v) is 6.93. The summed E-state index contributed by atoms with van der Waals surface area (Å²) in [5.74, 6) is 0. The number of hydrogen-bond acceptors (Lipinski definition) is 2. The van der Waals surface area contributed by atoms with Gasteiger partial charge in [-0.1, -0.05) is 13.8 Å². The Bertz CT molecular complexity index is 116. The quantitative estimate of drug-likeness (QED) is 0.615. The summed E-state index contributed by atoms with van der Waals surface area (Å²) < 4.78 is 0. The second-order valence-electron chi connectivity index (χ2n) is 3.59. The molecule has 0 bridgehead atoms. The van der Waals surface area contributed by atoms with Crippen LogP contribution in [-0.2, 0) is 0 Å². The highest BCUT2D eigenvalue weighted by Crippen LogP contribution is 2.28. The minimum absolute atomic E-state index is 0.190. The lowest BCUT2D eigenvalue weighted by molar-refractivity contribution is 0.146. The van der Waals surface area contributed by atoms with E-state index in [2.05, 4.69) is 18.7 Å². The van der Waals surface area contributed by atoms with Gasteiger partial charge < -0.3 is 10.0 Å². The number of nitrogens with zero attached hydrogens (tertiary/aromatic N) is 1. The van der Waals surface area contributed by atoms with Crippen LogP contribution in [0.3, 0.4) is 0 Å². The SMILES string of the molecule is CCN1CCC(C)(CO)C1. The highest BCUT2D eigenvalue weighted by molar-refractivity contribution is 4.84. The molecule has 2 heteroatoms. The smallest absolute Gasteiger partial charge is 0.0497 e. The van der Waals surface area contributed by atoms with Gasteiger partial charge in [-0.3, -0.25) is 0 Å². The predicted octanol–water partition coefficient (Wildman–Crippen LogP) is 0.711. The molecule has 1 atom stereocenters. The van der Waals surface area contributed by atoms with Crippen LogP contribution in [0.1, 0.15) is 20.3 Å². The Labute approximate surface area is 62.8 Å². The van der Waals surface area contributed by atoms with Crippen LogP contribution in [0.25, 0.3) is 0 Å². The van der Waals surface area contributed by atoms with Crippen molar-refractivity contribution in [3.8, 4) is 0 Å². The standard InChI is InChI=1S/C8H17NO/c1-3-9-5-4-8(2,6-9)7-10/h10H,3-7H2,1-2H3. The molecule has 0 spiro atoms. The fraction of sp³-hybridized carbons (Fsp3) is 1.00. The van der Waals surface area contributed by atoms with E-state index in [9.17, 15) is 0 Å². The number of likely N-dealkylation sites (tertiary alicyclic amines) is 1. The van der Waals surface area contributed by atoms with Crippen molar-refractivity contribution in [2.45, 2.75) is 20.3 Å². The molecule has 10 heavy (non-hydrogen) atoms. The van der Waals surface area contributed by atoms with Crippen LogP contribution in [0.4, 0.5) is 0 Å². The summed E-state index contributed by atoms with van der Waals surface area (Å²) in [6.07, 6.45) is 1.15. The number of rotatable bonds is 2. The van der Waals surface area contributed by atoms with E-state index in [0.717, 1.165) is 26.1 Å². The van der Waals surface area contributed by atoms with Gasteiger partial charge in [-0.2, -0.15) is 0 Å². The molecule has 1 heterocycles. The third kappa shape index (κ3) is 1.50. The Morgan fingerprint density at radius 3 is 2.60 bits per heavy atom. The Kier molecular flexibility index (Phi) is 2.32. The molecule has 0 saturated carbocycles. The number of aliphatic hydroxyl groups excluding tert-OH is 1. The Morgan fingerprint density at radius 1 is 1.60 bits per heavy atom. The Morgan fingerprint density at radius 2 is 2.30 bits per heavy atom. The Hall–Kier alpha value is -0.0800. The molecule has 1 N–H and O–H groups in total. The summed E-state index contributed by atoms with van der Waals surface area (Å²) in [5, 5.41) is 9.01. The van der Waals surface area contributed by atoms with Crippen molar-refractivity contribution in [1.82, 2.24) is 4.90 Å².